The van der Waals surface area contributed by atoms with Crippen LogP contribution in [0.25, 0.3) is 0 Å². The number of halogens is 1. The van der Waals surface area contributed by atoms with Crippen LogP contribution in [0.2, 0.25) is 0 Å². The predicted octanol–water partition coefficient (Wildman–Crippen LogP) is 3.92. The van der Waals surface area contributed by atoms with Crippen LogP contribution in [0.3, 0.4) is 0 Å². The second kappa shape index (κ2) is 10.8. The van der Waals surface area contributed by atoms with Crippen molar-refractivity contribution in [1.82, 2.24) is 15.1 Å². The summed E-state index contributed by atoms with van der Waals surface area (Å²) >= 11 is 0. The van der Waals surface area contributed by atoms with Gasteiger partial charge in [0.15, 0.2) is 0 Å². The molecule has 7 nitrogen and oxygen atoms in total. The third-order valence-electron chi connectivity index (χ3n) is 7.37. The highest BCUT2D eigenvalue weighted by Gasteiger charge is 2.54. The maximum absolute atomic E-state index is 13.9. The number of hydrogen-bond donors (Lipinski definition) is 1. The summed E-state index contributed by atoms with van der Waals surface area (Å²) in [6.07, 6.45) is 0.683. The first-order chi connectivity index (χ1) is 18.4. The Morgan fingerprint density at radius 1 is 0.947 bits per heavy atom. The molecule has 1 spiro atoms. The fourth-order valence-electron chi connectivity index (χ4n) is 5.28. The molecule has 196 valence electrons. The van der Waals surface area contributed by atoms with E-state index in [1.54, 1.807) is 28.0 Å². The van der Waals surface area contributed by atoms with Crippen molar-refractivity contribution in [2.75, 3.05) is 19.7 Å². The first-order valence-corrected chi connectivity index (χ1v) is 12.8. The van der Waals surface area contributed by atoms with E-state index in [0.717, 1.165) is 11.1 Å². The molecular formula is C30H30FN3O4. The highest BCUT2D eigenvalue weighted by molar-refractivity contribution is 5.99. The first kappa shape index (κ1) is 25.6. The Morgan fingerprint density at radius 2 is 1.66 bits per heavy atom. The molecule has 3 aromatic rings. The molecular weight excluding hydrogens is 485 g/mol. The molecule has 0 radical (unpaired) electrons. The van der Waals surface area contributed by atoms with Crippen molar-refractivity contribution in [3.63, 3.8) is 0 Å². The molecule has 0 saturated carbocycles. The largest absolute Gasteiger partial charge is 0.353 e. The number of aryl methyl sites for hydroxylation is 1. The van der Waals surface area contributed by atoms with Gasteiger partial charge in [0, 0.05) is 43.6 Å². The first-order valence-electron chi connectivity index (χ1n) is 12.8. The Labute approximate surface area is 221 Å². The summed E-state index contributed by atoms with van der Waals surface area (Å²) in [7, 11) is 0. The fourth-order valence-corrected chi connectivity index (χ4v) is 5.28. The minimum atomic E-state index is -1.02. The molecule has 3 amide bonds. The number of ether oxygens (including phenoxy) is 1. The van der Waals surface area contributed by atoms with Crippen LogP contribution in [0.15, 0.2) is 78.9 Å². The van der Waals surface area contributed by atoms with E-state index in [0.29, 0.717) is 38.0 Å². The topological polar surface area (TPSA) is 79.0 Å². The maximum atomic E-state index is 13.9. The van der Waals surface area contributed by atoms with Gasteiger partial charge in [0.25, 0.3) is 11.8 Å². The molecule has 1 N–H and O–H groups in total. The Morgan fingerprint density at radius 3 is 2.37 bits per heavy atom. The zero-order valence-electron chi connectivity index (χ0n) is 21.2. The molecule has 8 heteroatoms. The second-order valence-corrected chi connectivity index (χ2v) is 9.77. The number of carbonyl (C=O) groups excluding carboxylic acids is 3. The lowest BCUT2D eigenvalue weighted by atomic mass is 9.95. The number of benzene rings is 3. The molecule has 2 aliphatic heterocycles. The number of carbonyl (C=O) groups is 3. The van der Waals surface area contributed by atoms with Gasteiger partial charge in [-0.2, -0.15) is 0 Å². The van der Waals surface area contributed by atoms with Crippen LogP contribution in [0.1, 0.15) is 44.7 Å². The second-order valence-electron chi connectivity index (χ2n) is 9.77. The molecule has 3 aromatic carbocycles. The maximum Gasteiger partial charge on any atom is 0.257 e. The highest BCUT2D eigenvalue weighted by atomic mass is 19.1. The minimum Gasteiger partial charge on any atom is -0.353 e. The lowest BCUT2D eigenvalue weighted by molar-refractivity contribution is -0.128. The number of nitrogens with zero attached hydrogens (tertiary/aromatic N) is 2. The van der Waals surface area contributed by atoms with Crippen LogP contribution in [0.5, 0.6) is 0 Å². The van der Waals surface area contributed by atoms with Crippen LogP contribution in [-0.2, 0) is 16.1 Å². The molecule has 2 heterocycles. The zero-order valence-corrected chi connectivity index (χ0v) is 21.2. The average Bonchev–Trinajstić information content (AvgIpc) is 3.30. The normalized spacial score (nSPS) is 18.4. The number of piperidine rings is 1. The van der Waals surface area contributed by atoms with Gasteiger partial charge < -0.3 is 15.0 Å². The Bertz CT molecular complexity index is 1340. The molecule has 38 heavy (non-hydrogen) atoms. The molecule has 1 atom stereocenters. The fraction of sp³-hybridized carbons (Fsp3) is 0.300. The number of nitrogens with one attached hydrogen (secondary N) is 1. The Kier molecular flexibility index (Phi) is 7.24. The van der Waals surface area contributed by atoms with E-state index >= 15 is 0 Å². The summed E-state index contributed by atoms with van der Waals surface area (Å²) in [6, 6.07) is 21.7. The summed E-state index contributed by atoms with van der Waals surface area (Å²) in [5.41, 5.74) is 1.53. The minimum absolute atomic E-state index is 0.0656. The smallest absolute Gasteiger partial charge is 0.257 e. The summed E-state index contributed by atoms with van der Waals surface area (Å²) in [5, 5.41) is 2.95. The molecule has 2 fully saturated rings. The predicted molar refractivity (Wildman–Crippen MR) is 140 cm³/mol. The average molecular weight is 516 g/mol. The lowest BCUT2D eigenvalue weighted by Crippen LogP contribution is -2.59. The SMILES string of the molecule is Cc1ccccc1C(=O)N1[C@H](C(=O)NCc2ccccc2)COC12CCN(C(=O)c1cccc(F)c1)CC2. The molecule has 2 aliphatic rings. The van der Waals surface area contributed by atoms with E-state index < -0.39 is 17.6 Å². The Balaban J connectivity index is 1.37. The number of likely N-dealkylation sites (tertiary alicyclic amines) is 1. The van der Waals surface area contributed by atoms with Gasteiger partial charge in [-0.1, -0.05) is 54.6 Å². The monoisotopic (exact) mass is 515 g/mol. The van der Waals surface area contributed by atoms with E-state index in [1.807, 2.05) is 49.4 Å². The molecule has 2 saturated heterocycles. The van der Waals surface area contributed by atoms with E-state index in [4.69, 9.17) is 4.74 Å². The van der Waals surface area contributed by atoms with Crippen LogP contribution in [0, 0.1) is 12.7 Å². The Hall–Kier alpha value is -4.04. The van der Waals surface area contributed by atoms with Crippen LogP contribution < -0.4 is 5.32 Å². The van der Waals surface area contributed by atoms with Gasteiger partial charge in [-0.25, -0.2) is 4.39 Å². The van der Waals surface area contributed by atoms with Crippen LogP contribution in [-0.4, -0.2) is 59.0 Å². The molecule has 5 rings (SSSR count). The summed E-state index contributed by atoms with van der Waals surface area (Å²) in [5.74, 6) is -1.30. The van der Waals surface area contributed by atoms with Crippen molar-refractivity contribution in [3.8, 4) is 0 Å². The quantitative estimate of drug-likeness (QED) is 0.559. The van der Waals surface area contributed by atoms with Gasteiger partial charge in [-0.15, -0.1) is 0 Å². The van der Waals surface area contributed by atoms with Crippen LogP contribution >= 0.6 is 0 Å². The third-order valence-corrected chi connectivity index (χ3v) is 7.37. The van der Waals surface area contributed by atoms with Gasteiger partial charge in [0.1, 0.15) is 17.6 Å². The van der Waals surface area contributed by atoms with Gasteiger partial charge in [0.2, 0.25) is 5.91 Å². The summed E-state index contributed by atoms with van der Waals surface area (Å²) < 4.78 is 19.9. The van der Waals surface area contributed by atoms with E-state index in [-0.39, 0.29) is 29.9 Å². The number of rotatable bonds is 5. The summed E-state index contributed by atoms with van der Waals surface area (Å²) in [4.78, 5) is 43.6. The standard InChI is InChI=1S/C30H30FN3O4/c1-21-8-5-6-13-25(21)29(37)34-26(27(35)32-19-22-9-3-2-4-10-22)20-38-30(34)14-16-33(17-15-30)28(36)23-11-7-12-24(31)18-23/h2-13,18,26H,14-17,19-20H2,1H3,(H,32,35)/t26-/m0/s1. The zero-order chi connectivity index (χ0) is 26.7. The van der Waals surface area contributed by atoms with Crippen LogP contribution in [0.4, 0.5) is 4.39 Å². The molecule has 0 aliphatic carbocycles. The molecule has 0 unspecified atom stereocenters. The molecule has 0 aromatic heterocycles. The number of hydrogen-bond acceptors (Lipinski definition) is 4. The van der Waals surface area contributed by atoms with Crippen molar-refractivity contribution in [3.05, 3.63) is 107 Å². The van der Waals surface area contributed by atoms with E-state index in [1.165, 1.54) is 18.2 Å². The van der Waals surface area contributed by atoms with E-state index in [9.17, 15) is 18.8 Å². The van der Waals surface area contributed by atoms with Crippen molar-refractivity contribution in [1.29, 1.82) is 0 Å². The number of amides is 3. The highest BCUT2D eigenvalue weighted by Crippen LogP contribution is 2.39. The van der Waals surface area contributed by atoms with E-state index in [2.05, 4.69) is 5.32 Å². The third kappa shape index (κ3) is 5.04. The van der Waals surface area contributed by atoms with Crippen molar-refractivity contribution in [2.45, 2.75) is 38.1 Å². The van der Waals surface area contributed by atoms with Gasteiger partial charge in [-0.05, 0) is 42.3 Å². The lowest BCUT2D eigenvalue weighted by Gasteiger charge is -2.44. The summed E-state index contributed by atoms with van der Waals surface area (Å²) in [6.45, 7) is 2.89. The van der Waals surface area contributed by atoms with Crippen molar-refractivity contribution < 1.29 is 23.5 Å². The van der Waals surface area contributed by atoms with Gasteiger partial charge in [0.05, 0.1) is 6.61 Å². The van der Waals surface area contributed by atoms with Crippen molar-refractivity contribution >= 4 is 17.7 Å². The van der Waals surface area contributed by atoms with Gasteiger partial charge >= 0.3 is 0 Å². The van der Waals surface area contributed by atoms with Gasteiger partial charge in [-0.3, -0.25) is 19.3 Å². The van der Waals surface area contributed by atoms with Crippen molar-refractivity contribution in [2.24, 2.45) is 0 Å². The molecule has 0 bridgehead atoms.